The number of carbonyl (C=O) groups excluding carboxylic acids is 2. The van der Waals surface area contributed by atoms with Crippen LogP contribution in [-0.2, 0) is 9.59 Å². The zero-order valence-electron chi connectivity index (χ0n) is 11.9. The van der Waals surface area contributed by atoms with Crippen LogP contribution in [0.4, 0.5) is 0 Å². The molecule has 0 rings (SSSR count). The van der Waals surface area contributed by atoms with Gasteiger partial charge in [-0.25, -0.2) is 0 Å². The summed E-state index contributed by atoms with van der Waals surface area (Å²) in [5, 5.41) is 8.39. The summed E-state index contributed by atoms with van der Waals surface area (Å²) in [5.74, 6) is -0.197. The molecule has 0 bridgehead atoms. The van der Waals surface area contributed by atoms with E-state index in [1.807, 2.05) is 13.2 Å². The van der Waals surface area contributed by atoms with E-state index in [2.05, 4.69) is 16.0 Å². The fraction of sp³-hybridized carbons (Fsp3) is 0.636. The summed E-state index contributed by atoms with van der Waals surface area (Å²) in [5.41, 5.74) is 1.79. The van der Waals surface area contributed by atoms with Crippen molar-refractivity contribution in [2.45, 2.75) is 19.0 Å². The summed E-state index contributed by atoms with van der Waals surface area (Å²) in [6.07, 6.45) is 5.36. The second-order valence-corrected chi connectivity index (χ2v) is 4.54. The van der Waals surface area contributed by atoms with Crippen molar-refractivity contribution < 1.29 is 11.0 Å². The van der Waals surface area contributed by atoms with E-state index in [4.69, 9.17) is 1.41 Å². The van der Waals surface area contributed by atoms with Gasteiger partial charge in [-0.05, 0) is 26.4 Å². The van der Waals surface area contributed by atoms with E-state index in [1.54, 1.807) is 25.1 Å². The zero-order valence-corrected chi connectivity index (χ0v) is 11.8. The van der Waals surface area contributed by atoms with Gasteiger partial charge in [-0.15, -0.1) is 0 Å². The van der Waals surface area contributed by atoms with Crippen molar-refractivity contribution in [1.82, 2.24) is 16.0 Å². The summed E-state index contributed by atoms with van der Waals surface area (Å²) in [6.45, 7) is 2.07. The van der Waals surface area contributed by atoms with Crippen LogP contribution in [0, 0.1) is 0 Å². The minimum Gasteiger partial charge on any atom is -0.389 e. The third-order valence-electron chi connectivity index (χ3n) is 2.24. The molecule has 7 heteroatoms. The van der Waals surface area contributed by atoms with Crippen LogP contribution in [0.15, 0.2) is 12.3 Å². The van der Waals surface area contributed by atoms with Crippen LogP contribution >= 0.6 is 11.8 Å². The first-order valence-corrected chi connectivity index (χ1v) is 7.02. The summed E-state index contributed by atoms with van der Waals surface area (Å²) < 4.78 is 6.88. The Hall–Kier alpha value is -1.21. The molecule has 0 unspecified atom stereocenters. The van der Waals surface area contributed by atoms with Gasteiger partial charge >= 0.3 is 0 Å². The third-order valence-corrected chi connectivity index (χ3v) is 2.90. The molecule has 0 saturated heterocycles. The highest BCUT2D eigenvalue weighted by molar-refractivity contribution is 7.98. The lowest BCUT2D eigenvalue weighted by molar-refractivity contribution is -0.128. The monoisotopic (exact) mass is 276 g/mol. The smallest absolute Gasteiger partial charge is 0.241 e. The van der Waals surface area contributed by atoms with Crippen LogP contribution in [0.25, 0.3) is 0 Å². The summed E-state index contributed by atoms with van der Waals surface area (Å²) in [6, 6.07) is -1.14. The molecule has 0 aromatic carbocycles. The normalized spacial score (nSPS) is 14.7. The maximum absolute atomic E-state index is 12.0. The van der Waals surface area contributed by atoms with Gasteiger partial charge in [0.25, 0.3) is 0 Å². The number of hydrogen-bond acceptors (Lipinski definition) is 5. The molecule has 0 aliphatic rings. The number of likely N-dealkylation sites (N-methyl/N-ethyl adjacent to an activating group) is 1. The van der Waals surface area contributed by atoms with Gasteiger partial charge in [0, 0.05) is 12.3 Å². The molecule has 2 atom stereocenters. The van der Waals surface area contributed by atoms with Crippen molar-refractivity contribution in [1.29, 1.82) is 0 Å². The number of nitrogens with one attached hydrogen (secondary N) is 3. The summed E-state index contributed by atoms with van der Waals surface area (Å²) in [4.78, 5) is 23.5. The Bertz CT molecular complexity index is 315. The summed E-state index contributed by atoms with van der Waals surface area (Å²) >= 11 is 1.54. The third kappa shape index (κ3) is 6.51. The van der Waals surface area contributed by atoms with Crippen LogP contribution in [0.2, 0.25) is 1.41 Å². The molecule has 0 aliphatic carbocycles. The quantitative estimate of drug-likeness (QED) is 0.434. The topological polar surface area (TPSA) is 96.2 Å². The lowest BCUT2D eigenvalue weighted by atomic mass is 10.2. The second kappa shape index (κ2) is 9.78. The first kappa shape index (κ1) is 14.8. The lowest BCUT2D eigenvalue weighted by Gasteiger charge is -2.20. The van der Waals surface area contributed by atoms with Crippen molar-refractivity contribution in [3.63, 3.8) is 0 Å². The average Bonchev–Trinajstić information content (AvgIpc) is 2.42. The Kier molecular flexibility index (Phi) is 8.07. The van der Waals surface area contributed by atoms with Crippen molar-refractivity contribution in [2.75, 3.05) is 25.6 Å². The van der Waals surface area contributed by atoms with Crippen LogP contribution < -0.4 is 21.7 Å². The van der Waals surface area contributed by atoms with Crippen molar-refractivity contribution in [3.8, 4) is 0 Å². The first-order chi connectivity index (χ1) is 9.10. The number of hydrogen-bond donors (Lipinski definition) is 4. The molecule has 0 aliphatic heterocycles. The molecular formula is C11H22N4O2S. The molecule has 6 nitrogen and oxygen atoms in total. The minimum absolute atomic E-state index is 0.233. The maximum Gasteiger partial charge on any atom is 0.241 e. The minimum atomic E-state index is -0.779. The molecule has 0 saturated carbocycles. The molecule has 0 aromatic heterocycles. The molecule has 0 fully saturated rings. The first-order valence-electron chi connectivity index (χ1n) is 6.13. The van der Waals surface area contributed by atoms with Gasteiger partial charge in [0.1, 0.15) is 6.04 Å². The SMILES string of the molecule is [3H]NC(=O)[C@H](CNC=CC)NC(=O)[C@H](CSC)NC. The van der Waals surface area contributed by atoms with Crippen LogP contribution in [-0.4, -0.2) is 49.5 Å². The van der Waals surface area contributed by atoms with Crippen molar-refractivity contribution >= 4 is 23.6 Å². The summed E-state index contributed by atoms with van der Waals surface area (Å²) in [7, 11) is 1.69. The van der Waals surface area contributed by atoms with E-state index >= 15 is 0 Å². The molecule has 18 heavy (non-hydrogen) atoms. The Morgan fingerprint density at radius 3 is 2.72 bits per heavy atom. The van der Waals surface area contributed by atoms with Gasteiger partial charge in [-0.3, -0.25) is 9.59 Å². The Labute approximate surface area is 114 Å². The number of primary amides is 1. The van der Waals surface area contributed by atoms with E-state index in [1.165, 1.54) is 11.8 Å². The molecule has 5 N–H and O–H groups in total. The second-order valence-electron chi connectivity index (χ2n) is 3.63. The van der Waals surface area contributed by atoms with Gasteiger partial charge in [-0.2, -0.15) is 11.8 Å². The van der Waals surface area contributed by atoms with Crippen LogP contribution in [0.1, 0.15) is 6.92 Å². The predicted octanol–water partition coefficient (Wildman–Crippen LogP) is -0.969. The van der Waals surface area contributed by atoms with E-state index < -0.39 is 11.9 Å². The Morgan fingerprint density at radius 2 is 2.22 bits per heavy atom. The average molecular weight is 276 g/mol. The van der Waals surface area contributed by atoms with Crippen molar-refractivity contribution in [2.24, 2.45) is 5.73 Å². The molecule has 0 aromatic rings. The lowest BCUT2D eigenvalue weighted by Crippen LogP contribution is -2.54. The predicted molar refractivity (Wildman–Crippen MR) is 75.2 cm³/mol. The Balaban J connectivity index is 4.52. The van der Waals surface area contributed by atoms with E-state index in [0.717, 1.165) is 0 Å². The highest BCUT2D eigenvalue weighted by Gasteiger charge is 2.22. The van der Waals surface area contributed by atoms with Gasteiger partial charge < -0.3 is 21.7 Å². The van der Waals surface area contributed by atoms with Gasteiger partial charge in [0.05, 0.1) is 6.04 Å². The largest absolute Gasteiger partial charge is 0.389 e. The van der Waals surface area contributed by atoms with Gasteiger partial charge in [-0.1, -0.05) is 6.08 Å². The van der Waals surface area contributed by atoms with Gasteiger partial charge in [0.15, 0.2) is 1.41 Å². The van der Waals surface area contributed by atoms with Crippen molar-refractivity contribution in [3.05, 3.63) is 12.3 Å². The number of rotatable bonds is 9. The Morgan fingerprint density at radius 1 is 1.50 bits per heavy atom. The number of carbonyl (C=O) groups is 2. The van der Waals surface area contributed by atoms with Crippen LogP contribution in [0.3, 0.4) is 0 Å². The molecule has 0 spiro atoms. The molecule has 0 heterocycles. The van der Waals surface area contributed by atoms with Crippen LogP contribution in [0.5, 0.6) is 0 Å². The number of thioether (sulfide) groups is 1. The molecule has 104 valence electrons. The van der Waals surface area contributed by atoms with E-state index in [-0.39, 0.29) is 18.5 Å². The molecule has 2 amide bonds. The standard InChI is InChI=1S/C11H22N4O2S/c1-4-5-14-6-8(10(12)16)15-11(17)9(13-2)7-18-3/h4-5,8-9,13-14H,6-7H2,1-3H3,(H2,12,16)(H,15,17)/t8-,9-/m0/s1/i/hT. The van der Waals surface area contributed by atoms with E-state index in [9.17, 15) is 9.59 Å². The fourth-order valence-electron chi connectivity index (χ4n) is 1.24. The number of amides is 2. The highest BCUT2D eigenvalue weighted by Crippen LogP contribution is 1.97. The zero-order chi connectivity index (χ0) is 14.7. The highest BCUT2D eigenvalue weighted by atomic mass is 32.2. The molecular weight excluding hydrogens is 252 g/mol. The van der Waals surface area contributed by atoms with Gasteiger partial charge in [0.2, 0.25) is 11.8 Å². The molecule has 0 radical (unpaired) electrons. The number of allylic oxidation sites excluding steroid dienone is 1. The van der Waals surface area contributed by atoms with E-state index in [0.29, 0.717) is 5.75 Å². The maximum atomic E-state index is 12.0. The number of nitrogens with two attached hydrogens (primary N) is 1. The fourth-order valence-corrected chi connectivity index (χ4v) is 1.89.